The Morgan fingerprint density at radius 1 is 1.38 bits per heavy atom. The average molecular weight is 493 g/mol. The van der Waals surface area contributed by atoms with Gasteiger partial charge in [0.1, 0.15) is 24.9 Å². The summed E-state index contributed by atoms with van der Waals surface area (Å²) in [4.78, 5) is 46.4. The second kappa shape index (κ2) is 10.0. The summed E-state index contributed by atoms with van der Waals surface area (Å²) in [6.45, 7) is -0.189. The first-order valence-electron chi connectivity index (χ1n) is 9.97. The summed E-state index contributed by atoms with van der Waals surface area (Å²) >= 11 is 0. The normalized spacial score (nSPS) is 22.9. The molecular formula is C18H22F3N5O8. The summed E-state index contributed by atoms with van der Waals surface area (Å²) < 4.78 is 52.7. The lowest BCUT2D eigenvalue weighted by atomic mass is 10.1. The highest BCUT2D eigenvalue weighted by Crippen LogP contribution is 2.33. The number of hydrogen-bond donors (Lipinski definition) is 4. The lowest BCUT2D eigenvalue weighted by Crippen LogP contribution is -2.37. The van der Waals surface area contributed by atoms with Crippen LogP contribution in [0, 0.1) is 5.92 Å². The minimum atomic E-state index is -4.73. The van der Waals surface area contributed by atoms with E-state index in [1.54, 1.807) is 13.8 Å². The number of halogens is 3. The van der Waals surface area contributed by atoms with Crippen molar-refractivity contribution in [2.45, 2.75) is 44.6 Å². The first-order valence-corrected chi connectivity index (χ1v) is 9.97. The zero-order chi connectivity index (χ0) is 25.2. The molecule has 2 aromatic rings. The lowest BCUT2D eigenvalue weighted by molar-refractivity contribution is -0.191. The number of carbonyl (C=O) groups is 2. The van der Waals surface area contributed by atoms with Crippen LogP contribution in [0.4, 0.5) is 19.1 Å². The molecule has 16 heteroatoms. The number of esters is 1. The summed E-state index contributed by atoms with van der Waals surface area (Å²) in [7, 11) is 0. The maximum absolute atomic E-state index is 12.4. The number of amides is 1. The molecule has 0 spiro atoms. The molecule has 1 amide bonds. The van der Waals surface area contributed by atoms with E-state index in [0.29, 0.717) is 0 Å². The van der Waals surface area contributed by atoms with Gasteiger partial charge in [-0.25, -0.2) is 9.78 Å². The summed E-state index contributed by atoms with van der Waals surface area (Å²) in [5, 5.41) is 22.3. The Morgan fingerprint density at radius 2 is 2.09 bits per heavy atom. The van der Waals surface area contributed by atoms with Crippen molar-refractivity contribution in [2.24, 2.45) is 5.92 Å². The molecule has 1 saturated heterocycles. The lowest BCUT2D eigenvalue weighted by Gasteiger charge is -2.21. The molecule has 3 rings (SSSR count). The van der Waals surface area contributed by atoms with E-state index in [1.807, 2.05) is 0 Å². The van der Waals surface area contributed by atoms with Crippen LogP contribution in [0.25, 0.3) is 11.2 Å². The highest BCUT2D eigenvalue weighted by molar-refractivity contribution is 5.91. The van der Waals surface area contributed by atoms with E-state index in [-0.39, 0.29) is 17.1 Å². The molecule has 0 saturated carbocycles. The Hall–Kier alpha value is -3.08. The number of alkyl halides is 3. The van der Waals surface area contributed by atoms with E-state index in [4.69, 9.17) is 9.47 Å². The smallest absolute Gasteiger partial charge is 0.422 e. The van der Waals surface area contributed by atoms with Crippen LogP contribution >= 0.6 is 0 Å². The van der Waals surface area contributed by atoms with Gasteiger partial charge in [-0.2, -0.15) is 18.2 Å². The largest absolute Gasteiger partial charge is 0.454 e. The first-order chi connectivity index (χ1) is 15.9. The standard InChI is InChI=1S/C18H22F3N5O8/c1-7(2)14(30)24-17-23-13-10(15(31)25-17)22-6-26(13)16-12(11(29)8(3-27)34-16)32-4-9(28)33-5-18(19,20)21/h6-8,11-12,16,27,29H,3-5H2,1-2H3,(H2,23,24,25,30,31)/t8-,11?,12+,16-/m1/s1. The van der Waals surface area contributed by atoms with Gasteiger partial charge in [0.15, 0.2) is 24.0 Å². The summed E-state index contributed by atoms with van der Waals surface area (Å²) in [6.07, 6.45) is -8.99. The molecule has 1 unspecified atom stereocenters. The molecule has 34 heavy (non-hydrogen) atoms. The van der Waals surface area contributed by atoms with Crippen molar-refractivity contribution in [3.63, 3.8) is 0 Å². The van der Waals surface area contributed by atoms with Crippen LogP contribution in [-0.4, -0.2) is 85.9 Å². The number of nitrogens with zero attached hydrogens (tertiary/aromatic N) is 3. The van der Waals surface area contributed by atoms with Gasteiger partial charge >= 0.3 is 12.1 Å². The van der Waals surface area contributed by atoms with Crippen molar-refractivity contribution in [1.29, 1.82) is 0 Å². The van der Waals surface area contributed by atoms with Gasteiger partial charge in [-0.1, -0.05) is 13.8 Å². The van der Waals surface area contributed by atoms with Crippen molar-refractivity contribution in [3.05, 3.63) is 16.7 Å². The minimum absolute atomic E-state index is 0.0909. The number of rotatable bonds is 8. The van der Waals surface area contributed by atoms with Crippen LogP contribution in [0.1, 0.15) is 20.1 Å². The fraction of sp³-hybridized carbons (Fsp3) is 0.611. The number of aromatic nitrogens is 4. The number of fused-ring (bicyclic) bond motifs is 1. The fourth-order valence-electron chi connectivity index (χ4n) is 3.07. The van der Waals surface area contributed by atoms with Gasteiger partial charge in [-0.05, 0) is 0 Å². The van der Waals surface area contributed by atoms with E-state index in [0.717, 1.165) is 6.33 Å². The van der Waals surface area contributed by atoms with Crippen molar-refractivity contribution in [3.8, 4) is 0 Å². The zero-order valence-electron chi connectivity index (χ0n) is 17.9. The molecule has 1 fully saturated rings. The van der Waals surface area contributed by atoms with Gasteiger partial charge < -0.3 is 24.4 Å². The number of H-pyrrole nitrogens is 1. The SMILES string of the molecule is CC(C)C(=O)Nc1nc2c(ncn2[C@@H]2O[C@H](CO)C(O)[C@@H]2OCC(=O)OCC(F)(F)F)c(=O)[nH]1. The number of aliphatic hydroxyl groups is 2. The highest BCUT2D eigenvalue weighted by atomic mass is 19.4. The molecule has 188 valence electrons. The second-order valence-electron chi connectivity index (χ2n) is 7.67. The minimum Gasteiger partial charge on any atom is -0.454 e. The van der Waals surface area contributed by atoms with Gasteiger partial charge in [0.25, 0.3) is 5.56 Å². The molecule has 4 N–H and O–H groups in total. The van der Waals surface area contributed by atoms with Crippen molar-refractivity contribution in [2.75, 3.05) is 25.1 Å². The van der Waals surface area contributed by atoms with E-state index < -0.39 is 73.9 Å². The number of imidazole rings is 1. The Bertz CT molecular complexity index is 1100. The van der Waals surface area contributed by atoms with E-state index in [1.165, 1.54) is 4.57 Å². The highest BCUT2D eigenvalue weighted by Gasteiger charge is 2.46. The summed E-state index contributed by atoms with van der Waals surface area (Å²) in [6, 6.07) is 0. The Balaban J connectivity index is 1.87. The predicted molar refractivity (Wildman–Crippen MR) is 105 cm³/mol. The molecule has 13 nitrogen and oxygen atoms in total. The van der Waals surface area contributed by atoms with Crippen LogP contribution < -0.4 is 10.9 Å². The van der Waals surface area contributed by atoms with Gasteiger partial charge in [0.05, 0.1) is 12.9 Å². The quantitative estimate of drug-likeness (QED) is 0.349. The van der Waals surface area contributed by atoms with Crippen LogP contribution in [0.15, 0.2) is 11.1 Å². The second-order valence-corrected chi connectivity index (χ2v) is 7.67. The monoisotopic (exact) mass is 493 g/mol. The van der Waals surface area contributed by atoms with Gasteiger partial charge in [0, 0.05) is 5.92 Å². The molecule has 0 radical (unpaired) electrons. The molecule has 3 heterocycles. The Labute approximate surface area is 188 Å². The topological polar surface area (TPSA) is 178 Å². The molecular weight excluding hydrogens is 471 g/mol. The Kier molecular flexibility index (Phi) is 7.54. The van der Waals surface area contributed by atoms with E-state index in [2.05, 4.69) is 25.0 Å². The summed E-state index contributed by atoms with van der Waals surface area (Å²) in [5.74, 6) is -2.39. The third kappa shape index (κ3) is 5.69. The van der Waals surface area contributed by atoms with E-state index in [9.17, 15) is 37.8 Å². The number of aromatic amines is 1. The molecule has 4 atom stereocenters. The molecule has 0 bridgehead atoms. The molecule has 1 aliphatic heterocycles. The Morgan fingerprint density at radius 3 is 2.71 bits per heavy atom. The summed E-state index contributed by atoms with van der Waals surface area (Å²) in [5.41, 5.74) is -0.948. The third-order valence-corrected chi connectivity index (χ3v) is 4.76. The van der Waals surface area contributed by atoms with Crippen molar-refractivity contribution < 1.29 is 47.2 Å². The number of carbonyl (C=O) groups excluding carboxylic acids is 2. The van der Waals surface area contributed by atoms with Crippen molar-refractivity contribution in [1.82, 2.24) is 19.5 Å². The van der Waals surface area contributed by atoms with Gasteiger partial charge in [0.2, 0.25) is 11.9 Å². The molecule has 0 aliphatic carbocycles. The van der Waals surface area contributed by atoms with Crippen molar-refractivity contribution >= 4 is 29.0 Å². The van der Waals surface area contributed by atoms with E-state index >= 15 is 0 Å². The van der Waals surface area contributed by atoms with Crippen LogP contribution in [0.5, 0.6) is 0 Å². The number of nitrogens with one attached hydrogen (secondary N) is 2. The number of anilines is 1. The van der Waals surface area contributed by atoms with Crippen LogP contribution in [0.2, 0.25) is 0 Å². The number of hydrogen-bond acceptors (Lipinski definition) is 10. The number of aliphatic hydroxyl groups excluding tert-OH is 2. The molecule has 0 aromatic carbocycles. The maximum atomic E-state index is 12.4. The van der Waals surface area contributed by atoms with Gasteiger partial charge in [-0.3, -0.25) is 24.5 Å². The van der Waals surface area contributed by atoms with Crippen LogP contribution in [-0.2, 0) is 23.8 Å². The molecule has 2 aromatic heterocycles. The fourth-order valence-corrected chi connectivity index (χ4v) is 3.07. The molecule has 1 aliphatic rings. The van der Waals surface area contributed by atoms with Crippen LogP contribution in [0.3, 0.4) is 0 Å². The third-order valence-electron chi connectivity index (χ3n) is 4.76. The zero-order valence-corrected chi connectivity index (χ0v) is 17.9. The average Bonchev–Trinajstić information content (AvgIpc) is 3.31. The number of ether oxygens (including phenoxy) is 3. The predicted octanol–water partition coefficient (Wildman–Crippen LogP) is -0.545. The maximum Gasteiger partial charge on any atom is 0.422 e. The van der Waals surface area contributed by atoms with Gasteiger partial charge in [-0.15, -0.1) is 0 Å². The first kappa shape index (κ1) is 25.5.